The van der Waals surface area contributed by atoms with Crippen LogP contribution < -0.4 is 4.74 Å². The molecule has 130 valence electrons. The molecule has 1 saturated heterocycles. The molecule has 0 unspecified atom stereocenters. The van der Waals surface area contributed by atoms with E-state index in [0.29, 0.717) is 32.8 Å². The van der Waals surface area contributed by atoms with Crippen molar-refractivity contribution in [3.8, 4) is 5.75 Å². The molecule has 2 aliphatic rings. The number of benzene rings is 1. The van der Waals surface area contributed by atoms with E-state index in [1.807, 2.05) is 29.2 Å². The van der Waals surface area contributed by atoms with Crippen molar-refractivity contribution in [3.05, 3.63) is 29.8 Å². The maximum absolute atomic E-state index is 13.0. The monoisotopic (exact) mass is 332 g/mol. The molecule has 0 aromatic heterocycles. The molecule has 6 heteroatoms. The normalized spacial score (nSPS) is 18.9. The lowest BCUT2D eigenvalue weighted by Crippen LogP contribution is -2.53. The summed E-state index contributed by atoms with van der Waals surface area (Å²) in [6, 6.07) is 7.78. The van der Waals surface area contributed by atoms with Crippen molar-refractivity contribution in [2.24, 2.45) is 0 Å². The fourth-order valence-corrected chi connectivity index (χ4v) is 3.27. The van der Waals surface area contributed by atoms with E-state index >= 15 is 0 Å². The molecule has 24 heavy (non-hydrogen) atoms. The number of methoxy groups -OCH3 is 1. The van der Waals surface area contributed by atoms with Gasteiger partial charge in [-0.3, -0.25) is 4.79 Å². The molecular weight excluding hydrogens is 308 g/mol. The predicted octanol–water partition coefficient (Wildman–Crippen LogP) is 2.03. The van der Waals surface area contributed by atoms with E-state index in [2.05, 4.69) is 0 Å². The summed E-state index contributed by atoms with van der Waals surface area (Å²) in [5.74, 6) is 0.973. The Hall–Kier alpha value is -2.24. The van der Waals surface area contributed by atoms with Gasteiger partial charge >= 0.3 is 6.09 Å². The van der Waals surface area contributed by atoms with E-state index in [0.717, 1.165) is 24.2 Å². The van der Waals surface area contributed by atoms with Crippen molar-refractivity contribution in [2.45, 2.75) is 25.2 Å². The fourth-order valence-electron chi connectivity index (χ4n) is 3.27. The molecule has 1 aromatic carbocycles. The van der Waals surface area contributed by atoms with Gasteiger partial charge in [-0.25, -0.2) is 4.79 Å². The lowest BCUT2D eigenvalue weighted by molar-refractivity contribution is -0.135. The van der Waals surface area contributed by atoms with Crippen LogP contribution in [0.3, 0.4) is 0 Å². The van der Waals surface area contributed by atoms with Crippen molar-refractivity contribution >= 4 is 12.0 Å². The highest BCUT2D eigenvalue weighted by Gasteiger charge is 2.53. The van der Waals surface area contributed by atoms with Crippen LogP contribution >= 0.6 is 0 Å². The van der Waals surface area contributed by atoms with Gasteiger partial charge in [0.25, 0.3) is 0 Å². The first-order chi connectivity index (χ1) is 11.6. The second kappa shape index (κ2) is 6.71. The summed E-state index contributed by atoms with van der Waals surface area (Å²) in [5.41, 5.74) is 0.680. The topological polar surface area (TPSA) is 59.1 Å². The third-order valence-corrected chi connectivity index (χ3v) is 4.89. The third kappa shape index (κ3) is 3.05. The fraction of sp³-hybridized carbons (Fsp3) is 0.556. The van der Waals surface area contributed by atoms with Crippen LogP contribution in [-0.2, 0) is 14.9 Å². The molecular formula is C18H24N2O4. The van der Waals surface area contributed by atoms with Gasteiger partial charge in [0.2, 0.25) is 5.91 Å². The molecule has 6 nitrogen and oxygen atoms in total. The molecule has 1 heterocycles. The largest absolute Gasteiger partial charge is 0.497 e. The SMILES string of the molecule is CCOC(=O)N1CCN(C(=O)C2(c3ccc(OC)cc3)CC2)CC1. The highest BCUT2D eigenvalue weighted by atomic mass is 16.6. The number of rotatable bonds is 4. The lowest BCUT2D eigenvalue weighted by Gasteiger charge is -2.36. The highest BCUT2D eigenvalue weighted by Crippen LogP contribution is 2.50. The van der Waals surface area contributed by atoms with Crippen LogP contribution in [0.25, 0.3) is 0 Å². The summed E-state index contributed by atoms with van der Waals surface area (Å²) in [6.45, 7) is 4.36. The number of carbonyl (C=O) groups is 2. The van der Waals surface area contributed by atoms with Crippen molar-refractivity contribution in [3.63, 3.8) is 0 Å². The first-order valence-electron chi connectivity index (χ1n) is 8.46. The van der Waals surface area contributed by atoms with E-state index in [1.54, 1.807) is 18.9 Å². The number of nitrogens with zero attached hydrogens (tertiary/aromatic N) is 2. The first kappa shape index (κ1) is 16.6. The molecule has 1 aliphatic carbocycles. The highest BCUT2D eigenvalue weighted by molar-refractivity contribution is 5.91. The van der Waals surface area contributed by atoms with E-state index in [4.69, 9.17) is 9.47 Å². The van der Waals surface area contributed by atoms with Crippen molar-refractivity contribution < 1.29 is 19.1 Å². The number of hydrogen-bond donors (Lipinski definition) is 0. The summed E-state index contributed by atoms with van der Waals surface area (Å²) in [5, 5.41) is 0. The zero-order chi connectivity index (χ0) is 17.2. The maximum Gasteiger partial charge on any atom is 0.409 e. The van der Waals surface area contributed by atoms with Gasteiger partial charge in [0.05, 0.1) is 19.1 Å². The van der Waals surface area contributed by atoms with Crippen LogP contribution in [-0.4, -0.2) is 61.7 Å². The Labute approximate surface area is 142 Å². The molecule has 0 radical (unpaired) electrons. The van der Waals surface area contributed by atoms with Gasteiger partial charge < -0.3 is 19.3 Å². The Morgan fingerprint density at radius 2 is 1.62 bits per heavy atom. The van der Waals surface area contributed by atoms with Crippen molar-refractivity contribution in [1.29, 1.82) is 0 Å². The Balaban J connectivity index is 1.63. The zero-order valence-corrected chi connectivity index (χ0v) is 14.3. The number of piperazine rings is 1. The summed E-state index contributed by atoms with van der Waals surface area (Å²) in [4.78, 5) is 28.3. The smallest absolute Gasteiger partial charge is 0.409 e. The Bertz CT molecular complexity index is 602. The Morgan fingerprint density at radius 1 is 1.04 bits per heavy atom. The lowest BCUT2D eigenvalue weighted by atomic mass is 9.94. The Kier molecular flexibility index (Phi) is 4.64. The first-order valence-corrected chi connectivity index (χ1v) is 8.46. The molecule has 3 rings (SSSR count). The maximum atomic E-state index is 13.0. The molecule has 1 saturated carbocycles. The molecule has 0 bridgehead atoms. The molecule has 2 fully saturated rings. The van der Waals surface area contributed by atoms with E-state index < -0.39 is 0 Å². The van der Waals surface area contributed by atoms with Crippen LogP contribution in [0.5, 0.6) is 5.75 Å². The van der Waals surface area contributed by atoms with Crippen LogP contribution in [0, 0.1) is 0 Å². The van der Waals surface area contributed by atoms with Gasteiger partial charge in [0.15, 0.2) is 0 Å². The average Bonchev–Trinajstić information content (AvgIpc) is 3.43. The van der Waals surface area contributed by atoms with Crippen LogP contribution in [0.1, 0.15) is 25.3 Å². The minimum Gasteiger partial charge on any atom is -0.497 e. The van der Waals surface area contributed by atoms with Gasteiger partial charge in [-0.2, -0.15) is 0 Å². The van der Waals surface area contributed by atoms with Crippen LogP contribution in [0.4, 0.5) is 4.79 Å². The van der Waals surface area contributed by atoms with Crippen molar-refractivity contribution in [2.75, 3.05) is 39.9 Å². The molecule has 0 atom stereocenters. The zero-order valence-electron chi connectivity index (χ0n) is 14.3. The molecule has 1 aromatic rings. The summed E-state index contributed by atoms with van der Waals surface area (Å²) < 4.78 is 10.2. The van der Waals surface area contributed by atoms with Gasteiger partial charge in [-0.1, -0.05) is 12.1 Å². The summed E-state index contributed by atoms with van der Waals surface area (Å²) >= 11 is 0. The molecule has 0 spiro atoms. The number of amides is 2. The minimum atomic E-state index is -0.377. The van der Waals surface area contributed by atoms with Crippen LogP contribution in [0.2, 0.25) is 0 Å². The summed E-state index contributed by atoms with van der Waals surface area (Å²) in [6.07, 6.45) is 1.48. The van der Waals surface area contributed by atoms with E-state index in [1.165, 1.54) is 0 Å². The average molecular weight is 332 g/mol. The van der Waals surface area contributed by atoms with E-state index in [-0.39, 0.29) is 17.4 Å². The predicted molar refractivity (Wildman–Crippen MR) is 89.1 cm³/mol. The standard InChI is InChI=1S/C18H24N2O4/c1-3-24-17(22)20-12-10-19(11-13-20)16(21)18(8-9-18)14-4-6-15(23-2)7-5-14/h4-7H,3,8-13H2,1-2H3. The second-order valence-corrected chi connectivity index (χ2v) is 6.29. The van der Waals surface area contributed by atoms with Gasteiger partial charge in [-0.15, -0.1) is 0 Å². The quantitative estimate of drug-likeness (QED) is 0.846. The van der Waals surface area contributed by atoms with Gasteiger partial charge in [0, 0.05) is 26.2 Å². The number of ether oxygens (including phenoxy) is 2. The van der Waals surface area contributed by atoms with Crippen molar-refractivity contribution in [1.82, 2.24) is 9.80 Å². The van der Waals surface area contributed by atoms with Gasteiger partial charge in [-0.05, 0) is 37.5 Å². The molecule has 2 amide bonds. The number of carbonyl (C=O) groups excluding carboxylic acids is 2. The second-order valence-electron chi connectivity index (χ2n) is 6.29. The minimum absolute atomic E-state index is 0.177. The number of hydrogen-bond acceptors (Lipinski definition) is 4. The van der Waals surface area contributed by atoms with E-state index in [9.17, 15) is 9.59 Å². The Morgan fingerprint density at radius 3 is 2.12 bits per heavy atom. The van der Waals surface area contributed by atoms with Gasteiger partial charge in [0.1, 0.15) is 5.75 Å². The summed E-state index contributed by atoms with van der Waals surface area (Å²) in [7, 11) is 1.64. The third-order valence-electron chi connectivity index (χ3n) is 4.89. The molecule has 0 N–H and O–H groups in total. The molecule has 1 aliphatic heterocycles. The van der Waals surface area contributed by atoms with Crippen LogP contribution in [0.15, 0.2) is 24.3 Å².